The van der Waals surface area contributed by atoms with Gasteiger partial charge in [0.15, 0.2) is 0 Å². The molecule has 0 aromatic rings. The van der Waals surface area contributed by atoms with E-state index >= 15 is 0 Å². The zero-order valence-electron chi connectivity index (χ0n) is 10.00. The number of carbonyl (C=O) groups is 1. The second-order valence-electron chi connectivity index (χ2n) is 4.36. The molecule has 0 N–H and O–H groups in total. The van der Waals surface area contributed by atoms with E-state index in [4.69, 9.17) is 4.74 Å². The lowest BCUT2D eigenvalue weighted by molar-refractivity contribution is 0.0761. The molecular formula is C12H23NO2. The minimum Gasteiger partial charge on any atom is -0.449 e. The third-order valence-electron chi connectivity index (χ3n) is 3.01. The van der Waals surface area contributed by atoms with Crippen molar-refractivity contribution in [3.8, 4) is 0 Å². The highest BCUT2D eigenvalue weighted by Crippen LogP contribution is 2.17. The van der Waals surface area contributed by atoms with Crippen LogP contribution >= 0.6 is 0 Å². The van der Waals surface area contributed by atoms with Crippen molar-refractivity contribution in [2.24, 2.45) is 0 Å². The maximum atomic E-state index is 11.7. The van der Waals surface area contributed by atoms with Gasteiger partial charge in [0, 0.05) is 12.6 Å². The van der Waals surface area contributed by atoms with E-state index in [0.717, 1.165) is 38.6 Å². The Hall–Kier alpha value is -0.730. The number of amides is 1. The molecule has 0 saturated carbocycles. The SMILES string of the molecule is CCCCCOC(=O)N1CCCCC1C. The average molecular weight is 213 g/mol. The minimum atomic E-state index is -0.113. The largest absolute Gasteiger partial charge is 0.449 e. The van der Waals surface area contributed by atoms with Crippen LogP contribution in [-0.4, -0.2) is 30.2 Å². The maximum Gasteiger partial charge on any atom is 0.409 e. The van der Waals surface area contributed by atoms with E-state index in [2.05, 4.69) is 13.8 Å². The topological polar surface area (TPSA) is 29.5 Å². The van der Waals surface area contributed by atoms with Crippen molar-refractivity contribution in [1.82, 2.24) is 4.90 Å². The summed E-state index contributed by atoms with van der Waals surface area (Å²) in [5, 5.41) is 0. The Balaban J connectivity index is 2.20. The second kappa shape index (κ2) is 6.70. The predicted octanol–water partition coefficient (Wildman–Crippen LogP) is 3.19. The van der Waals surface area contributed by atoms with Crippen LogP contribution in [0.4, 0.5) is 4.79 Å². The Morgan fingerprint density at radius 2 is 2.20 bits per heavy atom. The molecule has 0 aliphatic carbocycles. The van der Waals surface area contributed by atoms with Gasteiger partial charge in [-0.3, -0.25) is 0 Å². The Labute approximate surface area is 92.8 Å². The van der Waals surface area contributed by atoms with E-state index in [9.17, 15) is 4.79 Å². The zero-order valence-corrected chi connectivity index (χ0v) is 10.00. The van der Waals surface area contributed by atoms with Crippen molar-refractivity contribution < 1.29 is 9.53 Å². The molecule has 0 radical (unpaired) electrons. The van der Waals surface area contributed by atoms with Crippen LogP contribution in [0.3, 0.4) is 0 Å². The summed E-state index contributed by atoms with van der Waals surface area (Å²) in [5.41, 5.74) is 0. The van der Waals surface area contributed by atoms with Crippen LogP contribution in [0.2, 0.25) is 0 Å². The Kier molecular flexibility index (Phi) is 5.51. The maximum absolute atomic E-state index is 11.7. The first kappa shape index (κ1) is 12.3. The van der Waals surface area contributed by atoms with E-state index < -0.39 is 0 Å². The molecule has 0 aromatic carbocycles. The predicted molar refractivity (Wildman–Crippen MR) is 60.9 cm³/mol. The van der Waals surface area contributed by atoms with Gasteiger partial charge in [-0.15, -0.1) is 0 Å². The van der Waals surface area contributed by atoms with E-state index in [1.165, 1.54) is 6.42 Å². The molecule has 1 saturated heterocycles. The highest BCUT2D eigenvalue weighted by Gasteiger charge is 2.23. The number of hydrogen-bond acceptors (Lipinski definition) is 2. The first-order chi connectivity index (χ1) is 7.25. The number of ether oxygens (including phenoxy) is 1. The van der Waals surface area contributed by atoms with Crippen molar-refractivity contribution >= 4 is 6.09 Å². The summed E-state index contributed by atoms with van der Waals surface area (Å²) in [6.45, 7) is 5.70. The molecule has 1 aliphatic rings. The zero-order chi connectivity index (χ0) is 11.1. The smallest absolute Gasteiger partial charge is 0.409 e. The third-order valence-corrected chi connectivity index (χ3v) is 3.01. The van der Waals surface area contributed by atoms with Gasteiger partial charge in [0.25, 0.3) is 0 Å². The molecule has 1 aliphatic heterocycles. The fourth-order valence-corrected chi connectivity index (χ4v) is 1.96. The number of piperidine rings is 1. The van der Waals surface area contributed by atoms with Crippen LogP contribution in [0.1, 0.15) is 52.4 Å². The molecule has 15 heavy (non-hydrogen) atoms. The normalized spacial score (nSPS) is 21.5. The Bertz CT molecular complexity index is 194. The number of nitrogens with zero attached hydrogens (tertiary/aromatic N) is 1. The highest BCUT2D eigenvalue weighted by atomic mass is 16.6. The number of hydrogen-bond donors (Lipinski definition) is 0. The van der Waals surface area contributed by atoms with E-state index in [1.807, 2.05) is 4.90 Å². The third kappa shape index (κ3) is 4.10. The van der Waals surface area contributed by atoms with Crippen LogP contribution in [0.5, 0.6) is 0 Å². The van der Waals surface area contributed by atoms with Crippen LogP contribution in [0, 0.1) is 0 Å². The van der Waals surface area contributed by atoms with Crippen LogP contribution in [0.25, 0.3) is 0 Å². The van der Waals surface area contributed by atoms with Crippen LogP contribution in [0.15, 0.2) is 0 Å². The van der Waals surface area contributed by atoms with E-state index in [0.29, 0.717) is 12.6 Å². The standard InChI is InChI=1S/C12H23NO2/c1-3-4-7-10-15-12(14)13-9-6-5-8-11(13)2/h11H,3-10H2,1-2H3. The summed E-state index contributed by atoms with van der Waals surface area (Å²) in [6.07, 6.45) is 6.66. The van der Waals surface area contributed by atoms with Crippen LogP contribution in [-0.2, 0) is 4.74 Å². The van der Waals surface area contributed by atoms with Crippen molar-refractivity contribution in [3.63, 3.8) is 0 Å². The number of likely N-dealkylation sites (tertiary alicyclic amines) is 1. The molecule has 0 spiro atoms. The van der Waals surface area contributed by atoms with Gasteiger partial charge in [0.1, 0.15) is 0 Å². The van der Waals surface area contributed by atoms with Gasteiger partial charge >= 0.3 is 6.09 Å². The summed E-state index contributed by atoms with van der Waals surface area (Å²) in [5.74, 6) is 0. The van der Waals surface area contributed by atoms with Gasteiger partial charge in [0.2, 0.25) is 0 Å². The molecule has 1 amide bonds. The van der Waals surface area contributed by atoms with Gasteiger partial charge in [0.05, 0.1) is 6.61 Å². The van der Waals surface area contributed by atoms with E-state index in [-0.39, 0.29) is 6.09 Å². The van der Waals surface area contributed by atoms with Crippen molar-refractivity contribution in [1.29, 1.82) is 0 Å². The minimum absolute atomic E-state index is 0.113. The lowest BCUT2D eigenvalue weighted by Gasteiger charge is -2.32. The molecule has 0 bridgehead atoms. The second-order valence-corrected chi connectivity index (χ2v) is 4.36. The fourth-order valence-electron chi connectivity index (χ4n) is 1.96. The molecule has 1 rings (SSSR count). The Morgan fingerprint density at radius 3 is 2.87 bits per heavy atom. The molecule has 3 nitrogen and oxygen atoms in total. The molecule has 3 heteroatoms. The summed E-state index contributed by atoms with van der Waals surface area (Å²) in [7, 11) is 0. The first-order valence-electron chi connectivity index (χ1n) is 6.19. The molecule has 1 unspecified atom stereocenters. The van der Waals surface area contributed by atoms with Gasteiger partial charge in [-0.25, -0.2) is 4.79 Å². The molecule has 0 aromatic heterocycles. The fraction of sp³-hybridized carbons (Fsp3) is 0.917. The highest BCUT2D eigenvalue weighted by molar-refractivity contribution is 5.68. The lowest BCUT2D eigenvalue weighted by atomic mass is 10.0. The number of unbranched alkanes of at least 4 members (excludes halogenated alkanes) is 2. The molecule has 1 fully saturated rings. The quantitative estimate of drug-likeness (QED) is 0.671. The van der Waals surface area contributed by atoms with Crippen molar-refractivity contribution in [3.05, 3.63) is 0 Å². The summed E-state index contributed by atoms with van der Waals surface area (Å²) in [6, 6.07) is 0.359. The Morgan fingerprint density at radius 1 is 1.40 bits per heavy atom. The van der Waals surface area contributed by atoms with Crippen molar-refractivity contribution in [2.75, 3.05) is 13.2 Å². The molecule has 1 atom stereocenters. The molecular weight excluding hydrogens is 190 g/mol. The van der Waals surface area contributed by atoms with Crippen molar-refractivity contribution in [2.45, 2.75) is 58.4 Å². The summed E-state index contributed by atoms with van der Waals surface area (Å²) < 4.78 is 5.24. The average Bonchev–Trinajstić information content (AvgIpc) is 2.25. The van der Waals surface area contributed by atoms with Gasteiger partial charge < -0.3 is 9.64 Å². The van der Waals surface area contributed by atoms with Crippen LogP contribution < -0.4 is 0 Å². The first-order valence-corrected chi connectivity index (χ1v) is 6.19. The van der Waals surface area contributed by atoms with Gasteiger partial charge in [-0.2, -0.15) is 0 Å². The van der Waals surface area contributed by atoms with E-state index in [1.54, 1.807) is 0 Å². The lowest BCUT2D eigenvalue weighted by Crippen LogP contribution is -2.42. The summed E-state index contributed by atoms with van der Waals surface area (Å²) >= 11 is 0. The summed E-state index contributed by atoms with van der Waals surface area (Å²) in [4.78, 5) is 13.5. The monoisotopic (exact) mass is 213 g/mol. The number of rotatable bonds is 4. The van der Waals surface area contributed by atoms with Gasteiger partial charge in [-0.1, -0.05) is 19.8 Å². The van der Waals surface area contributed by atoms with Gasteiger partial charge in [-0.05, 0) is 32.6 Å². The molecule has 1 heterocycles. The molecule has 88 valence electrons. The number of carbonyl (C=O) groups excluding carboxylic acids is 1.